The van der Waals surface area contributed by atoms with Gasteiger partial charge < -0.3 is 11.1 Å². The van der Waals surface area contributed by atoms with E-state index >= 15 is 0 Å². The molecule has 0 unspecified atom stereocenters. The number of anilines is 1. The Balaban J connectivity index is 2.00. The van der Waals surface area contributed by atoms with Gasteiger partial charge in [0.05, 0.1) is 10.6 Å². The zero-order chi connectivity index (χ0) is 26.5. The van der Waals surface area contributed by atoms with Gasteiger partial charge in [-0.1, -0.05) is 29.8 Å². The molecule has 14 heteroatoms. The molecule has 0 spiro atoms. The fraction of sp³-hybridized carbons (Fsp3) is 0.182. The van der Waals surface area contributed by atoms with Crippen LogP contribution in [-0.4, -0.2) is 31.5 Å². The van der Waals surface area contributed by atoms with Crippen LogP contribution >= 0.6 is 11.3 Å². The molecule has 4 rings (SSSR count). The Morgan fingerprint density at radius 1 is 1.19 bits per heavy atom. The highest BCUT2D eigenvalue weighted by Gasteiger charge is 2.36. The summed E-state index contributed by atoms with van der Waals surface area (Å²) in [5, 5.41) is 17.9. The van der Waals surface area contributed by atoms with Crippen LogP contribution in [-0.2, 0) is 13.2 Å². The number of hydrogen-bond donors (Lipinski definition) is 2. The first-order valence-electron chi connectivity index (χ1n) is 10.2. The monoisotopic (exact) mass is 518 g/mol. The van der Waals surface area contributed by atoms with Crippen LogP contribution in [0.25, 0.3) is 21.3 Å². The Labute approximate surface area is 204 Å². The number of aryl methyl sites for hydroxylation is 3. The van der Waals surface area contributed by atoms with Crippen LogP contribution in [0.5, 0.6) is 0 Å². The number of primary amides is 1. The van der Waals surface area contributed by atoms with Crippen LogP contribution in [0.3, 0.4) is 0 Å². The summed E-state index contributed by atoms with van der Waals surface area (Å²) in [6.45, 7) is 3.15. The van der Waals surface area contributed by atoms with Gasteiger partial charge in [0, 0.05) is 12.4 Å². The Morgan fingerprint density at radius 3 is 2.39 bits per heavy atom. The summed E-state index contributed by atoms with van der Waals surface area (Å²) in [4.78, 5) is 39.4. The third kappa shape index (κ3) is 4.26. The predicted octanol–water partition coefficient (Wildman–Crippen LogP) is 4.59. The molecule has 0 radical (unpaired) electrons. The van der Waals surface area contributed by atoms with E-state index in [1.807, 2.05) is 0 Å². The summed E-state index contributed by atoms with van der Waals surface area (Å²) >= 11 is 0.575. The number of alkyl halides is 3. The molecule has 3 aromatic heterocycles. The van der Waals surface area contributed by atoms with E-state index in [4.69, 9.17) is 5.73 Å². The lowest BCUT2D eigenvalue weighted by molar-refractivity contribution is -0.385. The number of halogens is 3. The quantitative estimate of drug-likeness (QED) is 0.292. The molecule has 10 nitrogen and oxygen atoms in total. The van der Waals surface area contributed by atoms with Gasteiger partial charge in [0.25, 0.3) is 11.8 Å². The van der Waals surface area contributed by atoms with Crippen molar-refractivity contribution in [1.82, 2.24) is 14.8 Å². The van der Waals surface area contributed by atoms with Gasteiger partial charge in [-0.3, -0.25) is 24.4 Å². The molecule has 4 aromatic rings. The number of amides is 2. The third-order valence-corrected chi connectivity index (χ3v) is 6.46. The highest BCUT2D eigenvalue weighted by Crippen LogP contribution is 2.44. The summed E-state index contributed by atoms with van der Waals surface area (Å²) in [7, 11) is 1.32. The van der Waals surface area contributed by atoms with Crippen molar-refractivity contribution in [3.8, 4) is 11.1 Å². The molecule has 0 bridgehead atoms. The molecular formula is C22H17F3N6O4S. The Morgan fingerprint density at radius 2 is 1.83 bits per heavy atom. The zero-order valence-electron chi connectivity index (χ0n) is 18.9. The van der Waals surface area contributed by atoms with Gasteiger partial charge in [0.15, 0.2) is 0 Å². The molecule has 0 fully saturated rings. The zero-order valence-corrected chi connectivity index (χ0v) is 19.7. The molecule has 0 saturated heterocycles. The van der Waals surface area contributed by atoms with Crippen molar-refractivity contribution >= 4 is 44.7 Å². The van der Waals surface area contributed by atoms with Crippen LogP contribution in [0.1, 0.15) is 37.1 Å². The summed E-state index contributed by atoms with van der Waals surface area (Å²) in [5.74, 6) is -2.02. The minimum Gasteiger partial charge on any atom is -0.365 e. The molecule has 0 aliphatic carbocycles. The topological polar surface area (TPSA) is 146 Å². The number of nitro groups is 1. The molecule has 0 atom stereocenters. The van der Waals surface area contributed by atoms with E-state index in [1.165, 1.54) is 14.0 Å². The molecule has 3 N–H and O–H groups in total. The molecule has 1 aromatic carbocycles. The number of benzene rings is 1. The summed E-state index contributed by atoms with van der Waals surface area (Å²) in [6.07, 6.45) is -4.79. The van der Waals surface area contributed by atoms with Gasteiger partial charge in [-0.15, -0.1) is 11.3 Å². The van der Waals surface area contributed by atoms with E-state index in [-0.39, 0.29) is 32.0 Å². The molecule has 186 valence electrons. The Hall–Kier alpha value is -4.33. The van der Waals surface area contributed by atoms with E-state index < -0.39 is 40.0 Å². The predicted molar refractivity (Wildman–Crippen MR) is 126 cm³/mol. The van der Waals surface area contributed by atoms with E-state index in [9.17, 15) is 32.9 Å². The largest absolute Gasteiger partial charge is 0.433 e. The lowest BCUT2D eigenvalue weighted by atomic mass is 10.00. The molecule has 0 aliphatic heterocycles. The third-order valence-electron chi connectivity index (χ3n) is 5.37. The standard InChI is InChI=1S/C22H17F3N6O4S/c1-9-4-6-11(7-5-9)12-8-13(22(23,24)25)27-21-14(12)15(18(36-21)19(26)32)28-20(33)17-16(31(34)35)10(2)29-30(17)3/h4-8H,1-3H3,(H2,26,32)(H,28,33). The second-order valence-corrected chi connectivity index (χ2v) is 8.89. The number of carbonyl (C=O) groups is 2. The average Bonchev–Trinajstić information content (AvgIpc) is 3.29. The second-order valence-electron chi connectivity index (χ2n) is 7.89. The highest BCUT2D eigenvalue weighted by atomic mass is 32.1. The number of pyridine rings is 1. The lowest BCUT2D eigenvalue weighted by Gasteiger charge is -2.12. The van der Waals surface area contributed by atoms with Crippen LogP contribution in [0, 0.1) is 24.0 Å². The molecule has 0 aliphatic rings. The first kappa shape index (κ1) is 24.8. The van der Waals surface area contributed by atoms with Gasteiger partial charge >= 0.3 is 11.9 Å². The maximum absolute atomic E-state index is 13.6. The van der Waals surface area contributed by atoms with Gasteiger partial charge in [-0.05, 0) is 31.0 Å². The van der Waals surface area contributed by atoms with E-state index in [0.29, 0.717) is 16.9 Å². The summed E-state index contributed by atoms with van der Waals surface area (Å²) in [6, 6.07) is 7.38. The van der Waals surface area contributed by atoms with Gasteiger partial charge in [0.2, 0.25) is 5.69 Å². The number of fused-ring (bicyclic) bond motifs is 1. The van der Waals surface area contributed by atoms with E-state index in [0.717, 1.165) is 16.3 Å². The molecule has 0 saturated carbocycles. The lowest BCUT2D eigenvalue weighted by Crippen LogP contribution is -2.20. The van der Waals surface area contributed by atoms with Crippen molar-refractivity contribution in [2.45, 2.75) is 20.0 Å². The fourth-order valence-corrected chi connectivity index (χ4v) is 4.80. The Kier molecular flexibility index (Phi) is 6.00. The molecule has 36 heavy (non-hydrogen) atoms. The summed E-state index contributed by atoms with van der Waals surface area (Å²) < 4.78 is 41.9. The summed E-state index contributed by atoms with van der Waals surface area (Å²) in [5.41, 5.74) is 4.37. The number of hydrogen-bond acceptors (Lipinski definition) is 7. The van der Waals surface area contributed by atoms with Crippen molar-refractivity contribution < 1.29 is 27.7 Å². The van der Waals surface area contributed by atoms with Crippen molar-refractivity contribution in [3.05, 3.63) is 68.0 Å². The first-order chi connectivity index (χ1) is 16.8. The van der Waals surface area contributed by atoms with E-state index in [1.54, 1.807) is 31.2 Å². The van der Waals surface area contributed by atoms with Crippen molar-refractivity contribution in [2.75, 3.05) is 5.32 Å². The second kappa shape index (κ2) is 8.71. The van der Waals surface area contributed by atoms with Crippen LogP contribution in [0.2, 0.25) is 0 Å². The number of aromatic nitrogens is 3. The Bertz CT molecular complexity index is 1560. The number of nitrogens with zero attached hydrogens (tertiary/aromatic N) is 4. The number of carbonyl (C=O) groups excluding carboxylic acids is 2. The van der Waals surface area contributed by atoms with Crippen molar-refractivity contribution in [1.29, 1.82) is 0 Å². The maximum Gasteiger partial charge on any atom is 0.433 e. The van der Waals surface area contributed by atoms with Crippen molar-refractivity contribution in [3.63, 3.8) is 0 Å². The molecule has 3 heterocycles. The number of nitrogens with one attached hydrogen (secondary N) is 1. The maximum atomic E-state index is 13.6. The van der Waals surface area contributed by atoms with Crippen LogP contribution in [0.15, 0.2) is 30.3 Å². The minimum absolute atomic E-state index is 0.0187. The number of rotatable bonds is 5. The highest BCUT2D eigenvalue weighted by molar-refractivity contribution is 7.21. The average molecular weight is 518 g/mol. The van der Waals surface area contributed by atoms with Crippen LogP contribution in [0.4, 0.5) is 24.5 Å². The number of thiophene rings is 1. The fourth-order valence-electron chi connectivity index (χ4n) is 3.79. The van der Waals surface area contributed by atoms with Crippen LogP contribution < -0.4 is 11.1 Å². The minimum atomic E-state index is -4.79. The van der Waals surface area contributed by atoms with Gasteiger partial charge in [-0.2, -0.15) is 18.3 Å². The van der Waals surface area contributed by atoms with Gasteiger partial charge in [-0.25, -0.2) is 4.98 Å². The number of nitrogens with two attached hydrogens (primary N) is 1. The SMILES string of the molecule is Cc1ccc(-c2cc(C(F)(F)F)nc3sc(C(N)=O)c(NC(=O)c4c([N+](=O)[O-])c(C)nn4C)c23)cc1. The molecule has 2 amide bonds. The molecular weight excluding hydrogens is 501 g/mol. The van der Waals surface area contributed by atoms with E-state index in [2.05, 4.69) is 15.4 Å². The first-order valence-corrected chi connectivity index (χ1v) is 11.0. The smallest absolute Gasteiger partial charge is 0.365 e. The normalized spacial score (nSPS) is 11.6. The van der Waals surface area contributed by atoms with Crippen molar-refractivity contribution in [2.24, 2.45) is 12.8 Å². The van der Waals surface area contributed by atoms with Gasteiger partial charge in [0.1, 0.15) is 21.1 Å².